The van der Waals surface area contributed by atoms with E-state index >= 15 is 0 Å². The fourth-order valence-corrected chi connectivity index (χ4v) is 1.58. The van der Waals surface area contributed by atoms with E-state index in [4.69, 9.17) is 23.2 Å². The van der Waals surface area contributed by atoms with Gasteiger partial charge in [-0.3, -0.25) is 0 Å². The van der Waals surface area contributed by atoms with Crippen molar-refractivity contribution in [1.82, 2.24) is 5.32 Å². The molecule has 1 aromatic carbocycles. The van der Waals surface area contributed by atoms with Crippen LogP contribution in [0.15, 0.2) is 18.2 Å². The lowest BCUT2D eigenvalue weighted by molar-refractivity contribution is -0.109. The maximum absolute atomic E-state index is 10.6. The molecule has 0 amide bonds. The highest BCUT2D eigenvalue weighted by atomic mass is 35.5. The Kier molecular flexibility index (Phi) is 3.72. The maximum atomic E-state index is 10.6. The number of benzene rings is 1. The number of carbonyl (C=O) groups is 1. The second-order valence-electron chi connectivity index (χ2n) is 2.57. The summed E-state index contributed by atoms with van der Waals surface area (Å²) in [6, 6.07) is 4.69. The summed E-state index contributed by atoms with van der Waals surface area (Å²) in [7, 11) is 1.70. The Morgan fingerprint density at radius 2 is 2.15 bits per heavy atom. The van der Waals surface area contributed by atoms with Crippen molar-refractivity contribution in [2.75, 3.05) is 7.05 Å². The minimum Gasteiger partial charge on any atom is -0.307 e. The lowest BCUT2D eigenvalue weighted by Gasteiger charge is -2.10. The Hall–Kier alpha value is -0.570. The van der Waals surface area contributed by atoms with Crippen LogP contribution in [0.4, 0.5) is 0 Å². The van der Waals surface area contributed by atoms with Crippen molar-refractivity contribution in [2.45, 2.75) is 6.04 Å². The first-order valence-electron chi connectivity index (χ1n) is 3.76. The number of aldehydes is 1. The predicted octanol–water partition coefficient (Wildman–Crippen LogP) is 2.45. The summed E-state index contributed by atoms with van der Waals surface area (Å²) >= 11 is 11.6. The number of hydrogen-bond acceptors (Lipinski definition) is 2. The Balaban J connectivity index is 3.06. The van der Waals surface area contributed by atoms with E-state index in [9.17, 15) is 4.79 Å². The summed E-state index contributed by atoms with van der Waals surface area (Å²) in [6.45, 7) is 0. The first-order chi connectivity index (χ1) is 6.19. The zero-order valence-corrected chi connectivity index (χ0v) is 8.56. The second-order valence-corrected chi connectivity index (χ2v) is 3.41. The predicted molar refractivity (Wildman–Crippen MR) is 54.3 cm³/mol. The van der Waals surface area contributed by atoms with E-state index in [0.29, 0.717) is 10.0 Å². The van der Waals surface area contributed by atoms with Crippen molar-refractivity contribution >= 4 is 29.5 Å². The lowest BCUT2D eigenvalue weighted by atomic mass is 10.1. The number of hydrogen-bond donors (Lipinski definition) is 1. The largest absolute Gasteiger partial charge is 0.307 e. The number of halogens is 2. The average Bonchev–Trinajstić information content (AvgIpc) is 2.10. The average molecular weight is 218 g/mol. The molecule has 2 nitrogen and oxygen atoms in total. The van der Waals surface area contributed by atoms with Gasteiger partial charge in [0, 0.05) is 10.0 Å². The summed E-state index contributed by atoms with van der Waals surface area (Å²) < 4.78 is 0. The first-order valence-corrected chi connectivity index (χ1v) is 4.52. The Labute approximate surface area is 86.8 Å². The Morgan fingerprint density at radius 1 is 1.46 bits per heavy atom. The number of nitrogens with one attached hydrogen (secondary N) is 1. The molecule has 4 heteroatoms. The van der Waals surface area contributed by atoms with Crippen molar-refractivity contribution in [3.05, 3.63) is 33.8 Å². The quantitative estimate of drug-likeness (QED) is 0.789. The van der Waals surface area contributed by atoms with E-state index in [-0.39, 0.29) is 6.04 Å². The molecular weight excluding hydrogens is 209 g/mol. The molecule has 0 spiro atoms. The van der Waals surface area contributed by atoms with Gasteiger partial charge in [0.1, 0.15) is 6.29 Å². The lowest BCUT2D eigenvalue weighted by Crippen LogP contribution is -2.17. The van der Waals surface area contributed by atoms with Crippen molar-refractivity contribution in [1.29, 1.82) is 0 Å². The van der Waals surface area contributed by atoms with Gasteiger partial charge in [-0.05, 0) is 24.7 Å². The molecule has 1 N–H and O–H groups in total. The van der Waals surface area contributed by atoms with Gasteiger partial charge >= 0.3 is 0 Å². The van der Waals surface area contributed by atoms with Crippen LogP contribution >= 0.6 is 23.2 Å². The molecule has 70 valence electrons. The molecule has 0 fully saturated rings. The zero-order chi connectivity index (χ0) is 9.84. The maximum Gasteiger partial charge on any atom is 0.141 e. The summed E-state index contributed by atoms with van der Waals surface area (Å²) in [4.78, 5) is 10.6. The zero-order valence-electron chi connectivity index (χ0n) is 7.05. The van der Waals surface area contributed by atoms with Crippen LogP contribution in [0.3, 0.4) is 0 Å². The molecule has 0 aliphatic carbocycles. The monoisotopic (exact) mass is 217 g/mol. The van der Waals surface area contributed by atoms with E-state index in [0.717, 1.165) is 11.8 Å². The molecule has 0 aromatic heterocycles. The van der Waals surface area contributed by atoms with Gasteiger partial charge in [-0.2, -0.15) is 0 Å². The van der Waals surface area contributed by atoms with Gasteiger partial charge in [0.2, 0.25) is 0 Å². The van der Waals surface area contributed by atoms with Crippen LogP contribution < -0.4 is 5.32 Å². The summed E-state index contributed by atoms with van der Waals surface area (Å²) in [5.74, 6) is 0. The van der Waals surface area contributed by atoms with Crippen molar-refractivity contribution < 1.29 is 4.79 Å². The molecular formula is C9H9Cl2NO. The minimum atomic E-state index is -0.371. The van der Waals surface area contributed by atoms with Gasteiger partial charge in [0.25, 0.3) is 0 Å². The Morgan fingerprint density at radius 3 is 2.62 bits per heavy atom. The first kappa shape index (κ1) is 10.5. The standard InChI is InChI=1S/C9H9Cl2NO/c1-12-9(5-13)7-3-2-6(10)4-8(7)11/h2-5,9,12H,1H3. The molecule has 1 aromatic rings. The molecule has 13 heavy (non-hydrogen) atoms. The van der Waals surface area contributed by atoms with Crippen LogP contribution in [-0.2, 0) is 4.79 Å². The van der Waals surface area contributed by atoms with E-state index in [1.165, 1.54) is 0 Å². The van der Waals surface area contributed by atoms with Crippen LogP contribution in [0.25, 0.3) is 0 Å². The van der Waals surface area contributed by atoms with Gasteiger partial charge in [0.05, 0.1) is 6.04 Å². The van der Waals surface area contributed by atoms with Crippen LogP contribution in [0.5, 0.6) is 0 Å². The smallest absolute Gasteiger partial charge is 0.141 e. The fourth-order valence-electron chi connectivity index (χ4n) is 1.05. The van der Waals surface area contributed by atoms with Crippen LogP contribution in [-0.4, -0.2) is 13.3 Å². The molecule has 1 rings (SSSR count). The highest BCUT2D eigenvalue weighted by Gasteiger charge is 2.11. The van der Waals surface area contributed by atoms with Gasteiger partial charge in [0.15, 0.2) is 0 Å². The number of rotatable bonds is 3. The van der Waals surface area contributed by atoms with Crippen molar-refractivity contribution in [3.8, 4) is 0 Å². The highest BCUT2D eigenvalue weighted by Crippen LogP contribution is 2.24. The molecule has 0 bridgehead atoms. The molecule has 0 aliphatic rings. The van der Waals surface area contributed by atoms with Crippen molar-refractivity contribution in [3.63, 3.8) is 0 Å². The summed E-state index contributed by atoms with van der Waals surface area (Å²) in [5.41, 5.74) is 0.739. The van der Waals surface area contributed by atoms with E-state index in [2.05, 4.69) is 5.32 Å². The Bertz CT molecular complexity index is 314. The van der Waals surface area contributed by atoms with Crippen LogP contribution in [0, 0.1) is 0 Å². The fraction of sp³-hybridized carbons (Fsp3) is 0.222. The van der Waals surface area contributed by atoms with Crippen LogP contribution in [0.1, 0.15) is 11.6 Å². The van der Waals surface area contributed by atoms with Gasteiger partial charge in [-0.25, -0.2) is 0 Å². The second kappa shape index (κ2) is 4.61. The molecule has 0 saturated heterocycles. The summed E-state index contributed by atoms with van der Waals surface area (Å²) in [6.07, 6.45) is 0.801. The molecule has 0 saturated carbocycles. The molecule has 1 atom stereocenters. The van der Waals surface area contributed by atoms with Gasteiger partial charge in [-0.1, -0.05) is 29.3 Å². The van der Waals surface area contributed by atoms with Crippen LogP contribution in [0.2, 0.25) is 10.0 Å². The molecule has 0 heterocycles. The van der Waals surface area contributed by atoms with E-state index < -0.39 is 0 Å². The van der Waals surface area contributed by atoms with Gasteiger partial charge < -0.3 is 10.1 Å². The third kappa shape index (κ3) is 2.44. The van der Waals surface area contributed by atoms with Gasteiger partial charge in [-0.15, -0.1) is 0 Å². The number of likely N-dealkylation sites (N-methyl/N-ethyl adjacent to an activating group) is 1. The molecule has 1 unspecified atom stereocenters. The van der Waals surface area contributed by atoms with Crippen molar-refractivity contribution in [2.24, 2.45) is 0 Å². The van der Waals surface area contributed by atoms with E-state index in [1.807, 2.05) is 0 Å². The third-order valence-electron chi connectivity index (χ3n) is 1.74. The third-order valence-corrected chi connectivity index (χ3v) is 2.31. The number of carbonyl (C=O) groups excluding carboxylic acids is 1. The molecule has 0 aliphatic heterocycles. The SMILES string of the molecule is CNC(C=O)c1ccc(Cl)cc1Cl. The molecule has 0 radical (unpaired) electrons. The van der Waals surface area contributed by atoms with E-state index in [1.54, 1.807) is 25.2 Å². The highest BCUT2D eigenvalue weighted by molar-refractivity contribution is 6.35. The normalized spacial score (nSPS) is 12.5. The topological polar surface area (TPSA) is 29.1 Å². The minimum absolute atomic E-state index is 0.371. The summed E-state index contributed by atoms with van der Waals surface area (Å²) in [5, 5.41) is 3.90.